The van der Waals surface area contributed by atoms with E-state index >= 15 is 0 Å². The summed E-state index contributed by atoms with van der Waals surface area (Å²) in [6.07, 6.45) is 2.74. The average molecular weight is 373 g/mol. The van der Waals surface area contributed by atoms with E-state index < -0.39 is 0 Å². The SMILES string of the molecule is Cc1n[nH]c(C)c1C(=O)N1CCCC1Cn1nc2c(cc1=O)CSCC2. The summed E-state index contributed by atoms with van der Waals surface area (Å²) in [5.41, 5.74) is 4.19. The van der Waals surface area contributed by atoms with E-state index in [1.165, 1.54) is 0 Å². The molecule has 1 N–H and O–H groups in total. The fourth-order valence-electron chi connectivity index (χ4n) is 3.89. The van der Waals surface area contributed by atoms with Crippen molar-refractivity contribution >= 4 is 17.7 Å². The van der Waals surface area contributed by atoms with Crippen LogP contribution >= 0.6 is 11.8 Å². The minimum Gasteiger partial charge on any atom is -0.334 e. The molecular weight excluding hydrogens is 350 g/mol. The highest BCUT2D eigenvalue weighted by atomic mass is 32.2. The summed E-state index contributed by atoms with van der Waals surface area (Å²) in [4.78, 5) is 27.4. The van der Waals surface area contributed by atoms with Crippen LogP contribution < -0.4 is 5.56 Å². The van der Waals surface area contributed by atoms with Gasteiger partial charge in [-0.25, -0.2) is 4.68 Å². The van der Waals surface area contributed by atoms with E-state index in [1.54, 1.807) is 10.7 Å². The second-order valence-electron chi connectivity index (χ2n) is 7.04. The molecule has 0 aliphatic carbocycles. The van der Waals surface area contributed by atoms with E-state index in [-0.39, 0.29) is 17.5 Å². The Labute approximate surface area is 156 Å². The summed E-state index contributed by atoms with van der Waals surface area (Å²) in [5, 5.41) is 11.6. The van der Waals surface area contributed by atoms with Gasteiger partial charge >= 0.3 is 0 Å². The van der Waals surface area contributed by atoms with E-state index in [1.807, 2.05) is 30.5 Å². The second kappa shape index (κ2) is 6.90. The molecule has 7 nitrogen and oxygen atoms in total. The van der Waals surface area contributed by atoms with Crippen molar-refractivity contribution in [1.82, 2.24) is 24.9 Å². The predicted octanol–water partition coefficient (Wildman–Crippen LogP) is 1.68. The number of amides is 1. The summed E-state index contributed by atoms with van der Waals surface area (Å²) in [7, 11) is 0. The van der Waals surface area contributed by atoms with Crippen molar-refractivity contribution in [3.63, 3.8) is 0 Å². The first-order valence-electron chi connectivity index (χ1n) is 9.05. The number of likely N-dealkylation sites (tertiary alicyclic amines) is 1. The summed E-state index contributed by atoms with van der Waals surface area (Å²) in [6, 6.07) is 1.72. The van der Waals surface area contributed by atoms with Crippen molar-refractivity contribution in [3.05, 3.63) is 44.6 Å². The first-order valence-corrected chi connectivity index (χ1v) is 10.2. The van der Waals surface area contributed by atoms with Crippen LogP contribution in [0, 0.1) is 13.8 Å². The Hall–Kier alpha value is -2.09. The molecule has 2 aliphatic rings. The number of nitrogens with zero attached hydrogens (tertiary/aromatic N) is 4. The molecule has 1 atom stereocenters. The van der Waals surface area contributed by atoms with E-state index in [0.29, 0.717) is 18.7 Å². The molecule has 2 aromatic heterocycles. The van der Waals surface area contributed by atoms with Crippen LogP contribution in [0.5, 0.6) is 0 Å². The van der Waals surface area contributed by atoms with Crippen LogP contribution in [0.3, 0.4) is 0 Å². The minimum absolute atomic E-state index is 0.00124. The first-order chi connectivity index (χ1) is 12.5. The van der Waals surface area contributed by atoms with E-state index in [4.69, 9.17) is 0 Å². The normalized spacial score (nSPS) is 19.6. The third kappa shape index (κ3) is 3.06. The lowest BCUT2D eigenvalue weighted by atomic mass is 10.1. The Balaban J connectivity index is 1.58. The molecule has 0 radical (unpaired) electrons. The zero-order chi connectivity index (χ0) is 18.3. The number of carbonyl (C=O) groups excluding carboxylic acids is 1. The van der Waals surface area contributed by atoms with Gasteiger partial charge in [0.05, 0.1) is 29.5 Å². The molecule has 2 aliphatic heterocycles. The van der Waals surface area contributed by atoms with Gasteiger partial charge in [0.15, 0.2) is 0 Å². The zero-order valence-electron chi connectivity index (χ0n) is 15.1. The van der Waals surface area contributed by atoms with Gasteiger partial charge in [0.1, 0.15) is 0 Å². The second-order valence-corrected chi connectivity index (χ2v) is 8.15. The maximum Gasteiger partial charge on any atom is 0.267 e. The number of thioether (sulfide) groups is 1. The molecular formula is C18H23N5O2S. The Morgan fingerprint density at radius 2 is 2.27 bits per heavy atom. The molecule has 0 spiro atoms. The molecule has 138 valence electrons. The van der Waals surface area contributed by atoms with E-state index in [2.05, 4.69) is 15.3 Å². The van der Waals surface area contributed by atoms with Gasteiger partial charge in [-0.15, -0.1) is 0 Å². The highest BCUT2D eigenvalue weighted by Crippen LogP contribution is 2.24. The van der Waals surface area contributed by atoms with Crippen LogP contribution in [-0.2, 0) is 18.7 Å². The van der Waals surface area contributed by atoms with E-state index in [0.717, 1.165) is 53.4 Å². The fourth-order valence-corrected chi connectivity index (χ4v) is 4.84. The number of carbonyl (C=O) groups is 1. The Bertz CT molecular complexity index is 884. The molecule has 8 heteroatoms. The molecule has 4 heterocycles. The number of hydrogen-bond donors (Lipinski definition) is 1. The van der Waals surface area contributed by atoms with Crippen molar-refractivity contribution in [3.8, 4) is 0 Å². The van der Waals surface area contributed by atoms with Gasteiger partial charge in [-0.2, -0.15) is 22.0 Å². The van der Waals surface area contributed by atoms with Gasteiger partial charge < -0.3 is 4.90 Å². The van der Waals surface area contributed by atoms with Crippen LogP contribution in [0.4, 0.5) is 0 Å². The number of aromatic amines is 1. The zero-order valence-corrected chi connectivity index (χ0v) is 15.9. The van der Waals surface area contributed by atoms with Crippen molar-refractivity contribution in [2.75, 3.05) is 12.3 Å². The Morgan fingerprint density at radius 1 is 1.42 bits per heavy atom. The fraction of sp³-hybridized carbons (Fsp3) is 0.556. The molecule has 0 saturated carbocycles. The number of aromatic nitrogens is 4. The van der Waals surface area contributed by atoms with Gasteiger partial charge in [-0.3, -0.25) is 14.7 Å². The summed E-state index contributed by atoms with van der Waals surface area (Å²) >= 11 is 1.84. The number of rotatable bonds is 3. The number of nitrogens with one attached hydrogen (secondary N) is 1. The molecule has 1 unspecified atom stereocenters. The lowest BCUT2D eigenvalue weighted by molar-refractivity contribution is 0.0719. The van der Waals surface area contributed by atoms with Gasteiger partial charge in [0, 0.05) is 30.5 Å². The first kappa shape index (κ1) is 17.3. The highest BCUT2D eigenvalue weighted by molar-refractivity contribution is 7.98. The lowest BCUT2D eigenvalue weighted by Gasteiger charge is -2.25. The molecule has 4 rings (SSSR count). The Morgan fingerprint density at radius 3 is 3.04 bits per heavy atom. The summed E-state index contributed by atoms with van der Waals surface area (Å²) in [5.74, 6) is 1.91. The van der Waals surface area contributed by atoms with Gasteiger partial charge in [-0.1, -0.05) is 0 Å². The largest absolute Gasteiger partial charge is 0.334 e. The van der Waals surface area contributed by atoms with Crippen LogP contribution in [-0.4, -0.2) is 49.1 Å². The molecule has 2 aromatic rings. The summed E-state index contributed by atoms with van der Waals surface area (Å²) < 4.78 is 1.56. The minimum atomic E-state index is -0.0683. The molecule has 1 saturated heterocycles. The Kier molecular flexibility index (Phi) is 4.60. The van der Waals surface area contributed by atoms with Crippen LogP contribution in [0.15, 0.2) is 10.9 Å². The monoisotopic (exact) mass is 373 g/mol. The standard InChI is InChI=1S/C18H23N5O2S/c1-11-17(12(2)20-19-11)18(25)22-6-3-4-14(22)9-23-16(24)8-13-10-26-7-5-15(13)21-23/h8,14H,3-7,9-10H2,1-2H3,(H,19,20). The number of hydrogen-bond acceptors (Lipinski definition) is 5. The van der Waals surface area contributed by atoms with Crippen molar-refractivity contribution in [1.29, 1.82) is 0 Å². The third-order valence-electron chi connectivity index (χ3n) is 5.27. The number of fused-ring (bicyclic) bond motifs is 1. The highest BCUT2D eigenvalue weighted by Gasteiger charge is 2.32. The lowest BCUT2D eigenvalue weighted by Crippen LogP contribution is -2.41. The van der Waals surface area contributed by atoms with Crippen LogP contribution in [0.2, 0.25) is 0 Å². The molecule has 0 bridgehead atoms. The van der Waals surface area contributed by atoms with Gasteiger partial charge in [-0.05, 0) is 38.0 Å². The molecule has 1 amide bonds. The van der Waals surface area contributed by atoms with Crippen molar-refractivity contribution < 1.29 is 4.79 Å². The van der Waals surface area contributed by atoms with Gasteiger partial charge in [0.2, 0.25) is 0 Å². The molecule has 1 fully saturated rings. The molecule has 0 aromatic carbocycles. The van der Waals surface area contributed by atoms with Crippen molar-refractivity contribution in [2.45, 2.75) is 51.4 Å². The number of aryl methyl sites for hydroxylation is 3. The quantitative estimate of drug-likeness (QED) is 0.885. The van der Waals surface area contributed by atoms with E-state index in [9.17, 15) is 9.59 Å². The topological polar surface area (TPSA) is 83.9 Å². The maximum absolute atomic E-state index is 13.0. The number of H-pyrrole nitrogens is 1. The van der Waals surface area contributed by atoms with Crippen LogP contribution in [0.25, 0.3) is 0 Å². The average Bonchev–Trinajstić information content (AvgIpc) is 3.21. The van der Waals surface area contributed by atoms with Crippen molar-refractivity contribution in [2.24, 2.45) is 0 Å². The summed E-state index contributed by atoms with van der Waals surface area (Å²) in [6.45, 7) is 4.88. The predicted molar refractivity (Wildman–Crippen MR) is 100 cm³/mol. The maximum atomic E-state index is 13.0. The smallest absolute Gasteiger partial charge is 0.267 e. The van der Waals surface area contributed by atoms with Gasteiger partial charge in [0.25, 0.3) is 11.5 Å². The third-order valence-corrected chi connectivity index (χ3v) is 6.28. The van der Waals surface area contributed by atoms with Crippen LogP contribution in [0.1, 0.15) is 45.8 Å². The molecule has 26 heavy (non-hydrogen) atoms.